The van der Waals surface area contributed by atoms with Gasteiger partial charge in [-0.15, -0.1) is 0 Å². The van der Waals surface area contributed by atoms with Crippen molar-refractivity contribution in [3.63, 3.8) is 0 Å². The maximum absolute atomic E-state index is 5.00. The molecule has 1 radical (unpaired) electrons. The zero-order chi connectivity index (χ0) is 7.40. The molecular weight excluding hydrogens is 126 g/mol. The first-order valence-electron chi connectivity index (χ1n) is 3.10. The molecule has 0 unspecified atom stereocenters. The molecule has 0 amide bonds. The predicted molar refractivity (Wildman–Crippen MR) is 41.4 cm³/mol. The Balaban J connectivity index is 2.87. The standard InChI is InChI=1S/C8H10NO/c1-9-7-4-3-5-8(6-7)10-2/h3,5-6,9H,1-2H3. The van der Waals surface area contributed by atoms with Gasteiger partial charge in [-0.2, -0.15) is 0 Å². The molecule has 0 aliphatic heterocycles. The monoisotopic (exact) mass is 136 g/mol. The highest BCUT2D eigenvalue weighted by Crippen LogP contribution is 2.14. The summed E-state index contributed by atoms with van der Waals surface area (Å²) in [5.74, 6) is 0.850. The van der Waals surface area contributed by atoms with Gasteiger partial charge in [0.25, 0.3) is 0 Å². The van der Waals surface area contributed by atoms with Gasteiger partial charge < -0.3 is 10.1 Å². The first-order chi connectivity index (χ1) is 4.86. The average Bonchev–Trinajstić information content (AvgIpc) is 2.05. The zero-order valence-corrected chi connectivity index (χ0v) is 6.14. The fourth-order valence-corrected chi connectivity index (χ4v) is 0.717. The Morgan fingerprint density at radius 2 is 2.40 bits per heavy atom. The molecule has 0 saturated carbocycles. The highest BCUT2D eigenvalue weighted by molar-refractivity contribution is 5.46. The number of hydrogen-bond donors (Lipinski definition) is 1. The SMILES string of the molecule is CNc1[c]ccc(OC)c1. The third-order valence-corrected chi connectivity index (χ3v) is 1.28. The summed E-state index contributed by atoms with van der Waals surface area (Å²) in [4.78, 5) is 0. The van der Waals surface area contributed by atoms with E-state index in [1.807, 2.05) is 25.2 Å². The summed E-state index contributed by atoms with van der Waals surface area (Å²) in [5, 5.41) is 2.97. The molecule has 0 bridgehead atoms. The largest absolute Gasteiger partial charge is 0.497 e. The van der Waals surface area contributed by atoms with Crippen molar-refractivity contribution < 1.29 is 4.74 Å². The van der Waals surface area contributed by atoms with Crippen LogP contribution in [-0.4, -0.2) is 14.2 Å². The molecule has 0 spiro atoms. The Morgan fingerprint density at radius 1 is 1.60 bits per heavy atom. The van der Waals surface area contributed by atoms with Gasteiger partial charge in [0.2, 0.25) is 0 Å². The van der Waals surface area contributed by atoms with Gasteiger partial charge in [0.15, 0.2) is 0 Å². The smallest absolute Gasteiger partial charge is 0.120 e. The van der Waals surface area contributed by atoms with Crippen molar-refractivity contribution in [2.24, 2.45) is 0 Å². The van der Waals surface area contributed by atoms with Crippen molar-refractivity contribution in [2.45, 2.75) is 0 Å². The van der Waals surface area contributed by atoms with Gasteiger partial charge in [0, 0.05) is 24.9 Å². The normalized spacial score (nSPS) is 9.00. The van der Waals surface area contributed by atoms with Crippen LogP contribution in [0.1, 0.15) is 0 Å². The van der Waals surface area contributed by atoms with E-state index in [1.165, 1.54) is 0 Å². The maximum atomic E-state index is 5.00. The van der Waals surface area contributed by atoms with E-state index < -0.39 is 0 Å². The minimum Gasteiger partial charge on any atom is -0.497 e. The van der Waals surface area contributed by atoms with Crippen LogP contribution >= 0.6 is 0 Å². The minimum atomic E-state index is 0.850. The molecule has 10 heavy (non-hydrogen) atoms. The first-order valence-corrected chi connectivity index (χ1v) is 3.10. The van der Waals surface area contributed by atoms with E-state index in [0.29, 0.717) is 0 Å². The van der Waals surface area contributed by atoms with Crippen LogP contribution < -0.4 is 10.1 Å². The second-order valence-electron chi connectivity index (χ2n) is 1.89. The third kappa shape index (κ3) is 1.41. The van der Waals surface area contributed by atoms with Crippen molar-refractivity contribution in [3.8, 4) is 5.75 Å². The maximum Gasteiger partial charge on any atom is 0.120 e. The lowest BCUT2D eigenvalue weighted by molar-refractivity contribution is 0.415. The summed E-state index contributed by atoms with van der Waals surface area (Å²) in [6, 6.07) is 8.58. The van der Waals surface area contributed by atoms with E-state index in [2.05, 4.69) is 11.4 Å². The molecular formula is C8H10NO. The molecule has 0 atom stereocenters. The number of rotatable bonds is 2. The van der Waals surface area contributed by atoms with Gasteiger partial charge in [0.1, 0.15) is 5.75 Å². The third-order valence-electron chi connectivity index (χ3n) is 1.28. The van der Waals surface area contributed by atoms with Crippen LogP contribution in [0.2, 0.25) is 0 Å². The van der Waals surface area contributed by atoms with Gasteiger partial charge in [-0.25, -0.2) is 0 Å². The quantitative estimate of drug-likeness (QED) is 0.665. The van der Waals surface area contributed by atoms with Gasteiger partial charge in [-0.3, -0.25) is 0 Å². The molecule has 0 aliphatic carbocycles. The second kappa shape index (κ2) is 3.11. The average molecular weight is 136 g/mol. The van der Waals surface area contributed by atoms with E-state index in [0.717, 1.165) is 11.4 Å². The number of anilines is 1. The molecule has 1 N–H and O–H groups in total. The minimum absolute atomic E-state index is 0.850. The van der Waals surface area contributed by atoms with Crippen molar-refractivity contribution in [1.29, 1.82) is 0 Å². The zero-order valence-electron chi connectivity index (χ0n) is 6.14. The van der Waals surface area contributed by atoms with Gasteiger partial charge in [-0.05, 0) is 12.1 Å². The molecule has 1 aromatic carbocycles. The second-order valence-corrected chi connectivity index (χ2v) is 1.89. The van der Waals surface area contributed by atoms with Crippen LogP contribution in [0.15, 0.2) is 18.2 Å². The summed E-state index contributed by atoms with van der Waals surface area (Å²) >= 11 is 0. The summed E-state index contributed by atoms with van der Waals surface area (Å²) in [5.41, 5.74) is 0.944. The molecule has 0 aliphatic rings. The fraction of sp³-hybridized carbons (Fsp3) is 0.250. The number of methoxy groups -OCH3 is 1. The molecule has 1 rings (SSSR count). The van der Waals surface area contributed by atoms with E-state index in [-0.39, 0.29) is 0 Å². The van der Waals surface area contributed by atoms with Crippen molar-refractivity contribution in [2.75, 3.05) is 19.5 Å². The lowest BCUT2D eigenvalue weighted by Crippen LogP contribution is -1.88. The number of ether oxygens (including phenoxy) is 1. The van der Waals surface area contributed by atoms with E-state index in [1.54, 1.807) is 7.11 Å². The van der Waals surface area contributed by atoms with Crippen LogP contribution in [0, 0.1) is 6.07 Å². The predicted octanol–water partition coefficient (Wildman–Crippen LogP) is 1.54. The Kier molecular flexibility index (Phi) is 2.15. The summed E-state index contributed by atoms with van der Waals surface area (Å²) in [7, 11) is 3.50. The highest BCUT2D eigenvalue weighted by Gasteiger charge is 1.90. The molecule has 0 aromatic heterocycles. The van der Waals surface area contributed by atoms with Crippen LogP contribution in [0.4, 0.5) is 5.69 Å². The van der Waals surface area contributed by atoms with Crippen LogP contribution in [0.5, 0.6) is 5.75 Å². The van der Waals surface area contributed by atoms with E-state index in [4.69, 9.17) is 4.74 Å². The van der Waals surface area contributed by atoms with Gasteiger partial charge in [0.05, 0.1) is 7.11 Å². The highest BCUT2D eigenvalue weighted by atomic mass is 16.5. The summed E-state index contributed by atoms with van der Waals surface area (Å²) < 4.78 is 5.00. The molecule has 0 fully saturated rings. The molecule has 0 heterocycles. The van der Waals surface area contributed by atoms with Gasteiger partial charge in [-0.1, -0.05) is 0 Å². The molecule has 2 heteroatoms. The lowest BCUT2D eigenvalue weighted by atomic mass is 10.3. The lowest BCUT2D eigenvalue weighted by Gasteiger charge is -2.01. The van der Waals surface area contributed by atoms with Gasteiger partial charge >= 0.3 is 0 Å². The van der Waals surface area contributed by atoms with E-state index >= 15 is 0 Å². The number of hydrogen-bond acceptors (Lipinski definition) is 2. The van der Waals surface area contributed by atoms with Crippen LogP contribution in [-0.2, 0) is 0 Å². The van der Waals surface area contributed by atoms with Crippen molar-refractivity contribution in [1.82, 2.24) is 0 Å². The summed E-state index contributed by atoms with van der Waals surface area (Å²) in [6.07, 6.45) is 0. The van der Waals surface area contributed by atoms with E-state index in [9.17, 15) is 0 Å². The van der Waals surface area contributed by atoms with Crippen molar-refractivity contribution in [3.05, 3.63) is 24.3 Å². The summed E-state index contributed by atoms with van der Waals surface area (Å²) in [6.45, 7) is 0. The van der Waals surface area contributed by atoms with Crippen LogP contribution in [0.3, 0.4) is 0 Å². The fourth-order valence-electron chi connectivity index (χ4n) is 0.717. The van der Waals surface area contributed by atoms with Crippen LogP contribution in [0.25, 0.3) is 0 Å². The molecule has 53 valence electrons. The van der Waals surface area contributed by atoms with Crippen molar-refractivity contribution >= 4 is 5.69 Å². The topological polar surface area (TPSA) is 21.3 Å². The molecule has 2 nitrogen and oxygen atoms in total. The Morgan fingerprint density at radius 3 is 3.00 bits per heavy atom. The Hall–Kier alpha value is -1.18. The number of benzene rings is 1. The Labute approximate surface area is 60.8 Å². The number of nitrogens with one attached hydrogen (secondary N) is 1. The molecule has 0 saturated heterocycles. The Bertz CT molecular complexity index is 191. The first kappa shape index (κ1) is 6.93. The molecule has 1 aromatic rings.